The van der Waals surface area contributed by atoms with E-state index in [4.69, 9.17) is 4.74 Å². The summed E-state index contributed by atoms with van der Waals surface area (Å²) >= 11 is 0. The van der Waals surface area contributed by atoms with E-state index in [-0.39, 0.29) is 11.9 Å². The van der Waals surface area contributed by atoms with Gasteiger partial charge in [-0.25, -0.2) is 0 Å². The van der Waals surface area contributed by atoms with Gasteiger partial charge in [0.25, 0.3) is 0 Å². The van der Waals surface area contributed by atoms with Crippen molar-refractivity contribution in [3.05, 3.63) is 0 Å². The van der Waals surface area contributed by atoms with Crippen LogP contribution in [0.15, 0.2) is 0 Å². The van der Waals surface area contributed by atoms with Crippen molar-refractivity contribution in [2.24, 2.45) is 11.3 Å². The topological polar surface area (TPSA) is 55.4 Å². The molecular weight excluding hydrogens is 206 g/mol. The van der Waals surface area contributed by atoms with E-state index in [1.807, 2.05) is 20.8 Å². The molecule has 0 aromatic heterocycles. The Morgan fingerprint density at radius 2 is 1.94 bits per heavy atom. The number of carbonyl (C=O) groups excluding carboxylic acids is 2. The van der Waals surface area contributed by atoms with Gasteiger partial charge >= 0.3 is 5.97 Å². The summed E-state index contributed by atoms with van der Waals surface area (Å²) in [6.45, 7) is 7.68. The number of nitrogens with one attached hydrogen (secondary N) is 1. The van der Waals surface area contributed by atoms with E-state index in [1.165, 1.54) is 0 Å². The van der Waals surface area contributed by atoms with Gasteiger partial charge in [-0.1, -0.05) is 20.8 Å². The minimum Gasteiger partial charge on any atom is -0.465 e. The maximum Gasteiger partial charge on any atom is 0.319 e. The van der Waals surface area contributed by atoms with Crippen molar-refractivity contribution in [3.63, 3.8) is 0 Å². The van der Waals surface area contributed by atoms with Crippen LogP contribution in [-0.2, 0) is 14.3 Å². The molecule has 0 aliphatic heterocycles. The minimum absolute atomic E-state index is 0.201. The highest BCUT2D eigenvalue weighted by Crippen LogP contribution is 2.29. The molecule has 92 valence electrons. The van der Waals surface area contributed by atoms with Gasteiger partial charge in [-0.2, -0.15) is 0 Å². The normalized spacial score (nSPS) is 17.8. The fourth-order valence-electron chi connectivity index (χ4n) is 1.59. The summed E-state index contributed by atoms with van der Waals surface area (Å²) in [5.41, 5.74) is -0.411. The van der Waals surface area contributed by atoms with Gasteiger partial charge in [0.15, 0.2) is 0 Å². The standard InChI is InChI=1S/C12H21NO3/c1-5-16-11(15)9(12(2,3)4)10(14)13-8-6-7-8/h8-9H,5-7H2,1-4H3,(H,13,14). The third kappa shape index (κ3) is 3.51. The van der Waals surface area contributed by atoms with Crippen molar-refractivity contribution in [3.8, 4) is 0 Å². The molecule has 1 atom stereocenters. The summed E-state index contributed by atoms with van der Waals surface area (Å²) in [6.07, 6.45) is 2.04. The summed E-state index contributed by atoms with van der Waals surface area (Å²) < 4.78 is 4.95. The van der Waals surface area contributed by atoms with Crippen LogP contribution in [0.4, 0.5) is 0 Å². The lowest BCUT2D eigenvalue weighted by Crippen LogP contribution is -2.44. The van der Waals surface area contributed by atoms with Crippen LogP contribution in [0.25, 0.3) is 0 Å². The maximum atomic E-state index is 11.9. The van der Waals surface area contributed by atoms with Crippen LogP contribution in [0.5, 0.6) is 0 Å². The van der Waals surface area contributed by atoms with Crippen molar-refractivity contribution in [1.82, 2.24) is 5.32 Å². The number of hydrogen-bond donors (Lipinski definition) is 1. The van der Waals surface area contributed by atoms with E-state index < -0.39 is 17.3 Å². The quantitative estimate of drug-likeness (QED) is 0.585. The molecule has 0 saturated heterocycles. The molecule has 0 spiro atoms. The highest BCUT2D eigenvalue weighted by molar-refractivity contribution is 5.98. The third-order valence-corrected chi connectivity index (χ3v) is 2.57. The molecule has 1 aliphatic carbocycles. The number of rotatable bonds is 4. The smallest absolute Gasteiger partial charge is 0.319 e. The number of esters is 1. The van der Waals surface area contributed by atoms with Crippen molar-refractivity contribution >= 4 is 11.9 Å². The Balaban J connectivity index is 2.69. The highest BCUT2D eigenvalue weighted by Gasteiger charge is 2.40. The number of ether oxygens (including phenoxy) is 1. The van der Waals surface area contributed by atoms with Crippen molar-refractivity contribution < 1.29 is 14.3 Å². The van der Waals surface area contributed by atoms with Crippen LogP contribution in [0, 0.1) is 11.3 Å². The Labute approximate surface area is 96.7 Å². The van der Waals surface area contributed by atoms with Gasteiger partial charge in [-0.15, -0.1) is 0 Å². The predicted octanol–water partition coefficient (Wildman–Crippen LogP) is 1.49. The molecule has 1 fully saturated rings. The van der Waals surface area contributed by atoms with Crippen molar-refractivity contribution in [1.29, 1.82) is 0 Å². The van der Waals surface area contributed by atoms with E-state index in [1.54, 1.807) is 6.92 Å². The van der Waals surface area contributed by atoms with E-state index in [2.05, 4.69) is 5.32 Å². The van der Waals surface area contributed by atoms with Gasteiger partial charge in [0, 0.05) is 6.04 Å². The molecule has 4 heteroatoms. The predicted molar refractivity (Wildman–Crippen MR) is 60.7 cm³/mol. The van der Waals surface area contributed by atoms with E-state index in [9.17, 15) is 9.59 Å². The summed E-state index contributed by atoms with van der Waals surface area (Å²) in [5, 5.41) is 2.86. The molecule has 1 N–H and O–H groups in total. The Kier molecular flexibility index (Phi) is 3.94. The average molecular weight is 227 g/mol. The third-order valence-electron chi connectivity index (χ3n) is 2.57. The zero-order valence-corrected chi connectivity index (χ0v) is 10.5. The van der Waals surface area contributed by atoms with E-state index >= 15 is 0 Å². The first-order chi connectivity index (χ1) is 7.36. The van der Waals surface area contributed by atoms with Crippen LogP contribution in [0.1, 0.15) is 40.5 Å². The average Bonchev–Trinajstić information content (AvgIpc) is 2.85. The molecule has 1 unspecified atom stereocenters. The second-order valence-corrected chi connectivity index (χ2v) is 5.33. The SMILES string of the molecule is CCOC(=O)C(C(=O)NC1CC1)C(C)(C)C. The Bertz CT molecular complexity index is 276. The molecule has 0 aromatic rings. The lowest BCUT2D eigenvalue weighted by molar-refractivity contribution is -0.156. The van der Waals surface area contributed by atoms with Crippen LogP contribution in [0.2, 0.25) is 0 Å². The van der Waals surface area contributed by atoms with Gasteiger partial charge in [0.2, 0.25) is 5.91 Å². The zero-order valence-electron chi connectivity index (χ0n) is 10.5. The molecule has 1 aliphatic rings. The molecule has 1 amide bonds. The summed E-state index contributed by atoms with van der Waals surface area (Å²) in [4.78, 5) is 23.7. The molecule has 16 heavy (non-hydrogen) atoms. The lowest BCUT2D eigenvalue weighted by Gasteiger charge is -2.27. The largest absolute Gasteiger partial charge is 0.465 e. The first-order valence-electron chi connectivity index (χ1n) is 5.83. The van der Waals surface area contributed by atoms with Crippen LogP contribution < -0.4 is 5.32 Å². The molecule has 1 saturated carbocycles. The van der Waals surface area contributed by atoms with E-state index in [0.717, 1.165) is 12.8 Å². The number of carbonyl (C=O) groups is 2. The van der Waals surface area contributed by atoms with Crippen molar-refractivity contribution in [2.45, 2.75) is 46.6 Å². The minimum atomic E-state index is -0.715. The van der Waals surface area contributed by atoms with Gasteiger partial charge in [0.1, 0.15) is 5.92 Å². The summed E-state index contributed by atoms with van der Waals surface area (Å²) in [6, 6.07) is 0.270. The fraction of sp³-hybridized carbons (Fsp3) is 0.833. The first kappa shape index (κ1) is 13.0. The van der Waals surface area contributed by atoms with Crippen molar-refractivity contribution in [2.75, 3.05) is 6.61 Å². The van der Waals surface area contributed by atoms with Gasteiger partial charge in [0.05, 0.1) is 6.61 Å². The number of amides is 1. The zero-order chi connectivity index (χ0) is 12.3. The second-order valence-electron chi connectivity index (χ2n) is 5.33. The molecule has 0 bridgehead atoms. The summed E-state index contributed by atoms with van der Waals surface area (Å²) in [5.74, 6) is -1.34. The first-order valence-corrected chi connectivity index (χ1v) is 5.83. The van der Waals surface area contributed by atoms with E-state index in [0.29, 0.717) is 6.61 Å². The molecule has 0 aromatic carbocycles. The Morgan fingerprint density at radius 3 is 2.31 bits per heavy atom. The summed E-state index contributed by atoms with van der Waals surface area (Å²) in [7, 11) is 0. The fourth-order valence-corrected chi connectivity index (χ4v) is 1.59. The molecule has 1 rings (SSSR count). The molecule has 4 nitrogen and oxygen atoms in total. The molecule has 0 heterocycles. The Hall–Kier alpha value is -1.06. The van der Waals surface area contributed by atoms with Crippen LogP contribution >= 0.6 is 0 Å². The monoisotopic (exact) mass is 227 g/mol. The highest BCUT2D eigenvalue weighted by atomic mass is 16.5. The van der Waals surface area contributed by atoms with Gasteiger partial charge in [-0.05, 0) is 25.2 Å². The second kappa shape index (κ2) is 4.85. The van der Waals surface area contributed by atoms with Crippen LogP contribution in [0.3, 0.4) is 0 Å². The molecule has 0 radical (unpaired) electrons. The molecular formula is C12H21NO3. The van der Waals surface area contributed by atoms with Gasteiger partial charge in [-0.3, -0.25) is 9.59 Å². The maximum absolute atomic E-state index is 11.9. The lowest BCUT2D eigenvalue weighted by atomic mass is 9.80. The number of hydrogen-bond acceptors (Lipinski definition) is 3. The van der Waals surface area contributed by atoms with Gasteiger partial charge < -0.3 is 10.1 Å². The van der Waals surface area contributed by atoms with Crippen LogP contribution in [-0.4, -0.2) is 24.5 Å². The Morgan fingerprint density at radius 1 is 1.38 bits per heavy atom.